The second kappa shape index (κ2) is 7.90. The van der Waals surface area contributed by atoms with Gasteiger partial charge in [-0.3, -0.25) is 4.79 Å². The van der Waals surface area contributed by atoms with Gasteiger partial charge >= 0.3 is 6.18 Å². The Morgan fingerprint density at radius 3 is 2.41 bits per heavy atom. The van der Waals surface area contributed by atoms with E-state index in [-0.39, 0.29) is 12.1 Å². The zero-order valence-electron chi connectivity index (χ0n) is 14.1. The lowest BCUT2D eigenvalue weighted by atomic mass is 10.1. The number of hydrogen-bond acceptors (Lipinski definition) is 4. The van der Waals surface area contributed by atoms with Crippen LogP contribution in [0.3, 0.4) is 0 Å². The van der Waals surface area contributed by atoms with E-state index in [2.05, 4.69) is 20.6 Å². The van der Waals surface area contributed by atoms with Crippen LogP contribution in [-0.4, -0.2) is 33.5 Å². The fourth-order valence-electron chi connectivity index (χ4n) is 2.35. The first-order valence-electron chi connectivity index (χ1n) is 8.08. The van der Waals surface area contributed by atoms with Gasteiger partial charge in [-0.2, -0.15) is 13.2 Å². The summed E-state index contributed by atoms with van der Waals surface area (Å²) in [4.78, 5) is 20.2. The van der Waals surface area contributed by atoms with Crippen LogP contribution in [0.5, 0.6) is 0 Å². The topological polar surface area (TPSA) is 71.8 Å². The molecule has 140 valence electrons. The molecule has 0 fully saturated rings. The Bertz CT molecular complexity index is 892. The van der Waals surface area contributed by atoms with Gasteiger partial charge in [0.2, 0.25) is 0 Å². The third-order valence-corrected chi connectivity index (χ3v) is 3.71. The number of halogens is 3. The maximum Gasteiger partial charge on any atom is 0.416 e. The summed E-state index contributed by atoms with van der Waals surface area (Å²) in [6.45, 7) is 0.678. The molecule has 0 spiro atoms. The van der Waals surface area contributed by atoms with Crippen molar-refractivity contribution in [3.63, 3.8) is 0 Å². The third-order valence-electron chi connectivity index (χ3n) is 3.71. The first-order chi connectivity index (χ1) is 12.9. The predicted molar refractivity (Wildman–Crippen MR) is 93.6 cm³/mol. The standard InChI is InChI=1S/C18H16F3N5O/c19-18(20,21)14-5-3-13(4-6-14)17(27)23-8-7-22-15-11-16(25-12-24-15)26-9-1-2-10-26/h1-6,9-12H,7-8H2,(H,23,27)(H,22,24,25). The van der Waals surface area contributed by atoms with E-state index in [9.17, 15) is 18.0 Å². The predicted octanol–water partition coefficient (Wildman–Crippen LogP) is 3.13. The number of aromatic nitrogens is 3. The molecule has 6 nitrogen and oxygen atoms in total. The highest BCUT2D eigenvalue weighted by molar-refractivity contribution is 5.94. The van der Waals surface area contributed by atoms with E-state index in [1.54, 1.807) is 6.07 Å². The summed E-state index contributed by atoms with van der Waals surface area (Å²) in [5.74, 6) is 0.852. The summed E-state index contributed by atoms with van der Waals surface area (Å²) in [5, 5.41) is 5.69. The second-order valence-corrected chi connectivity index (χ2v) is 5.61. The van der Waals surface area contributed by atoms with Gasteiger partial charge in [0.05, 0.1) is 5.56 Å². The average molecular weight is 375 g/mol. The van der Waals surface area contributed by atoms with E-state index in [0.717, 1.165) is 24.3 Å². The Hall–Kier alpha value is -3.36. The van der Waals surface area contributed by atoms with Crippen LogP contribution >= 0.6 is 0 Å². The number of rotatable bonds is 6. The first-order valence-corrected chi connectivity index (χ1v) is 8.08. The summed E-state index contributed by atoms with van der Waals surface area (Å²) in [6.07, 6.45) is 0.723. The van der Waals surface area contributed by atoms with Gasteiger partial charge in [-0.15, -0.1) is 0 Å². The van der Waals surface area contributed by atoms with Crippen molar-refractivity contribution in [3.8, 4) is 5.82 Å². The Morgan fingerprint density at radius 1 is 1.04 bits per heavy atom. The monoisotopic (exact) mass is 375 g/mol. The molecule has 0 aliphatic rings. The largest absolute Gasteiger partial charge is 0.416 e. The Morgan fingerprint density at radius 2 is 1.74 bits per heavy atom. The SMILES string of the molecule is O=C(NCCNc1cc(-n2cccc2)ncn1)c1ccc(C(F)(F)F)cc1. The number of hydrogen-bond donors (Lipinski definition) is 2. The number of benzene rings is 1. The molecule has 2 N–H and O–H groups in total. The second-order valence-electron chi connectivity index (χ2n) is 5.61. The Labute approximate surface area is 153 Å². The average Bonchev–Trinajstić information content (AvgIpc) is 3.19. The third kappa shape index (κ3) is 4.84. The number of alkyl halides is 3. The molecular weight excluding hydrogens is 359 g/mol. The van der Waals surface area contributed by atoms with E-state index in [4.69, 9.17) is 0 Å². The van der Waals surface area contributed by atoms with Gasteiger partial charge in [0.1, 0.15) is 18.0 Å². The van der Waals surface area contributed by atoms with Crippen LogP contribution in [0.15, 0.2) is 61.2 Å². The highest BCUT2D eigenvalue weighted by Gasteiger charge is 2.30. The summed E-state index contributed by atoms with van der Waals surface area (Å²) < 4.78 is 39.4. The molecule has 0 saturated carbocycles. The lowest BCUT2D eigenvalue weighted by Gasteiger charge is -2.10. The molecule has 0 atom stereocenters. The minimum absolute atomic E-state index is 0.167. The van der Waals surface area contributed by atoms with E-state index in [1.165, 1.54) is 6.33 Å². The van der Waals surface area contributed by atoms with Crippen LogP contribution in [0.4, 0.5) is 19.0 Å². The summed E-state index contributed by atoms with van der Waals surface area (Å²) in [5.41, 5.74) is -0.622. The van der Waals surface area contributed by atoms with Gasteiger partial charge in [-0.05, 0) is 36.4 Å². The quantitative estimate of drug-likeness (QED) is 0.650. The van der Waals surface area contributed by atoms with E-state index in [0.29, 0.717) is 18.2 Å². The normalized spacial score (nSPS) is 11.2. The molecule has 0 radical (unpaired) electrons. The molecule has 0 unspecified atom stereocenters. The van der Waals surface area contributed by atoms with Crippen molar-refractivity contribution in [1.29, 1.82) is 0 Å². The zero-order chi connectivity index (χ0) is 19.3. The van der Waals surface area contributed by atoms with Crippen molar-refractivity contribution in [2.24, 2.45) is 0 Å². The summed E-state index contributed by atoms with van der Waals surface area (Å²) in [7, 11) is 0. The van der Waals surface area contributed by atoms with Crippen molar-refractivity contribution < 1.29 is 18.0 Å². The van der Waals surface area contributed by atoms with E-state index < -0.39 is 17.6 Å². The molecule has 0 bridgehead atoms. The van der Waals surface area contributed by atoms with Crippen LogP contribution in [0.1, 0.15) is 15.9 Å². The van der Waals surface area contributed by atoms with Crippen LogP contribution in [0.2, 0.25) is 0 Å². The van der Waals surface area contributed by atoms with Gasteiger partial charge < -0.3 is 15.2 Å². The molecule has 0 saturated heterocycles. The number of nitrogens with one attached hydrogen (secondary N) is 2. The molecule has 0 aliphatic carbocycles. The molecule has 2 heterocycles. The van der Waals surface area contributed by atoms with Crippen LogP contribution < -0.4 is 10.6 Å². The molecule has 3 aromatic rings. The lowest BCUT2D eigenvalue weighted by Crippen LogP contribution is -2.29. The number of nitrogens with zero attached hydrogens (tertiary/aromatic N) is 3. The van der Waals surface area contributed by atoms with Crippen molar-refractivity contribution in [2.75, 3.05) is 18.4 Å². The summed E-state index contributed by atoms with van der Waals surface area (Å²) in [6, 6.07) is 9.60. The van der Waals surface area contributed by atoms with E-state index >= 15 is 0 Å². The molecule has 2 aromatic heterocycles. The lowest BCUT2D eigenvalue weighted by molar-refractivity contribution is -0.137. The van der Waals surface area contributed by atoms with Crippen molar-refractivity contribution in [1.82, 2.24) is 19.9 Å². The van der Waals surface area contributed by atoms with Crippen LogP contribution in [0.25, 0.3) is 5.82 Å². The van der Waals surface area contributed by atoms with Crippen molar-refractivity contribution in [2.45, 2.75) is 6.18 Å². The van der Waals surface area contributed by atoms with Gasteiger partial charge in [0.15, 0.2) is 0 Å². The number of amides is 1. The maximum atomic E-state index is 12.5. The van der Waals surface area contributed by atoms with Gasteiger partial charge in [-0.1, -0.05) is 0 Å². The molecule has 3 rings (SSSR count). The van der Waals surface area contributed by atoms with Gasteiger partial charge in [0, 0.05) is 37.1 Å². The molecular formula is C18H16F3N5O. The smallest absolute Gasteiger partial charge is 0.368 e. The number of carbonyl (C=O) groups excluding carboxylic acids is 1. The van der Waals surface area contributed by atoms with Gasteiger partial charge in [-0.25, -0.2) is 9.97 Å². The minimum Gasteiger partial charge on any atom is -0.368 e. The fourth-order valence-corrected chi connectivity index (χ4v) is 2.35. The fraction of sp³-hybridized carbons (Fsp3) is 0.167. The van der Waals surface area contributed by atoms with Crippen molar-refractivity contribution >= 4 is 11.7 Å². The van der Waals surface area contributed by atoms with Crippen LogP contribution in [0, 0.1) is 0 Å². The number of anilines is 1. The summed E-state index contributed by atoms with van der Waals surface area (Å²) >= 11 is 0. The molecule has 9 heteroatoms. The van der Waals surface area contributed by atoms with Crippen LogP contribution in [-0.2, 0) is 6.18 Å². The number of carbonyl (C=O) groups is 1. The zero-order valence-corrected chi connectivity index (χ0v) is 14.1. The highest BCUT2D eigenvalue weighted by Crippen LogP contribution is 2.29. The van der Waals surface area contributed by atoms with E-state index in [1.807, 2.05) is 29.1 Å². The highest BCUT2D eigenvalue weighted by atomic mass is 19.4. The Kier molecular flexibility index (Phi) is 5.39. The van der Waals surface area contributed by atoms with Crippen molar-refractivity contribution in [3.05, 3.63) is 72.3 Å². The molecule has 0 aliphatic heterocycles. The minimum atomic E-state index is -4.42. The van der Waals surface area contributed by atoms with Gasteiger partial charge in [0.25, 0.3) is 5.91 Å². The molecule has 1 aromatic carbocycles. The molecule has 27 heavy (non-hydrogen) atoms. The Balaban J connectivity index is 1.49. The first kappa shape index (κ1) is 18.4. The molecule has 1 amide bonds. The maximum absolute atomic E-state index is 12.5.